The number of non-ortho nitro benzene ring substituents is 1. The largest absolute Gasteiger partial charge is 0.483 e. The highest BCUT2D eigenvalue weighted by Crippen LogP contribution is 2.69. The highest BCUT2D eigenvalue weighted by Gasteiger charge is 2.70. The Bertz CT molecular complexity index is 2360. The second-order valence-electron chi connectivity index (χ2n) is 13.3. The van der Waals surface area contributed by atoms with E-state index in [1.807, 2.05) is 60.7 Å². The summed E-state index contributed by atoms with van der Waals surface area (Å²) in [6, 6.07) is 24.6. The van der Waals surface area contributed by atoms with Gasteiger partial charge >= 0.3 is 4.87 Å². The molecule has 4 aliphatic rings. The summed E-state index contributed by atoms with van der Waals surface area (Å²) in [6.45, 7) is -0.252. The third-order valence-corrected chi connectivity index (χ3v) is 13.9. The van der Waals surface area contributed by atoms with Crippen LogP contribution in [-0.2, 0) is 14.4 Å². The van der Waals surface area contributed by atoms with E-state index < -0.39 is 16.8 Å². The number of anilines is 2. The van der Waals surface area contributed by atoms with E-state index in [2.05, 4.69) is 26.2 Å². The van der Waals surface area contributed by atoms with Crippen LogP contribution in [0.3, 0.4) is 0 Å². The number of carbonyl (C=O) groups is 3. The average Bonchev–Trinajstić information content (AvgIpc) is 3.86. The van der Waals surface area contributed by atoms with Crippen LogP contribution in [0.5, 0.6) is 5.75 Å². The number of nitro benzene ring substituents is 1. The number of ether oxygens (including phenoxy) is 1. The molecule has 0 radical (unpaired) electrons. The van der Waals surface area contributed by atoms with Crippen molar-refractivity contribution < 1.29 is 24.0 Å². The van der Waals surface area contributed by atoms with Crippen LogP contribution < -0.4 is 19.8 Å². The standard InChI is InChI=1S/C37H27BrN4O7S2/c38-18-8-13-26(49-16-27(43)39-25-7-3-5-17-4-1-2-6-21(17)25)22(14-18)28-29-23-15-24(32(29)50-34-33(28)51-37(46)40-34)31-30(23)35(44)41(36(31)45)19-9-11-20(12-10-19)42(47)48/h1-14,23-24,28-32H,15-16H2,(H,39,43)(H,40,46)/t23-,24-,28+,29-,30+,31+,32-/m1/s1. The number of benzene rings is 4. The number of H-pyrrole nitrogens is 1. The maximum atomic E-state index is 14.1. The first-order valence-corrected chi connectivity index (χ1v) is 18.9. The minimum Gasteiger partial charge on any atom is -0.483 e. The van der Waals surface area contributed by atoms with Crippen molar-refractivity contribution in [3.63, 3.8) is 0 Å². The summed E-state index contributed by atoms with van der Waals surface area (Å²) >= 11 is 6.34. The number of nitrogens with one attached hydrogen (secondary N) is 2. The number of rotatable bonds is 7. The maximum Gasteiger partial charge on any atom is 0.305 e. The zero-order chi connectivity index (χ0) is 35.1. The maximum absolute atomic E-state index is 14.1. The predicted octanol–water partition coefficient (Wildman–Crippen LogP) is 6.96. The number of amides is 3. The van der Waals surface area contributed by atoms with E-state index in [-0.39, 0.29) is 63.8 Å². The van der Waals surface area contributed by atoms with Crippen molar-refractivity contribution in [2.75, 3.05) is 16.8 Å². The smallest absolute Gasteiger partial charge is 0.305 e. The van der Waals surface area contributed by atoms with E-state index in [0.717, 1.165) is 42.0 Å². The Morgan fingerprint density at radius 2 is 1.73 bits per heavy atom. The lowest BCUT2D eigenvalue weighted by Gasteiger charge is -2.43. The molecule has 5 aromatic rings. The fourth-order valence-electron chi connectivity index (χ4n) is 8.90. The number of nitro groups is 1. The summed E-state index contributed by atoms with van der Waals surface area (Å²) in [5, 5.41) is 16.8. The molecule has 11 nitrogen and oxygen atoms in total. The fourth-order valence-corrected chi connectivity index (χ4v) is 12.2. The molecule has 14 heteroatoms. The van der Waals surface area contributed by atoms with Gasteiger partial charge in [-0.15, -0.1) is 11.8 Å². The molecule has 256 valence electrons. The average molecular weight is 784 g/mol. The van der Waals surface area contributed by atoms with Crippen LogP contribution in [0.2, 0.25) is 0 Å². The molecule has 3 heterocycles. The number of thioether (sulfide) groups is 1. The Kier molecular flexibility index (Phi) is 7.67. The minimum absolute atomic E-state index is 0.0611. The molecule has 2 saturated carbocycles. The van der Waals surface area contributed by atoms with Gasteiger partial charge in [0.15, 0.2) is 6.61 Å². The molecule has 2 aliphatic carbocycles. The monoisotopic (exact) mass is 782 g/mol. The third kappa shape index (κ3) is 5.14. The highest BCUT2D eigenvalue weighted by molar-refractivity contribution is 9.10. The van der Waals surface area contributed by atoms with Crippen molar-refractivity contribution in [2.45, 2.75) is 22.6 Å². The molecule has 1 aromatic heterocycles. The van der Waals surface area contributed by atoms with Gasteiger partial charge in [0.1, 0.15) is 5.75 Å². The van der Waals surface area contributed by atoms with Crippen molar-refractivity contribution in [3.05, 3.63) is 120 Å². The molecule has 1 saturated heterocycles. The van der Waals surface area contributed by atoms with Gasteiger partial charge in [-0.3, -0.25) is 34.2 Å². The number of aromatic nitrogens is 1. The number of aromatic amines is 1. The molecule has 3 fully saturated rings. The van der Waals surface area contributed by atoms with Crippen molar-refractivity contribution in [1.29, 1.82) is 0 Å². The summed E-state index contributed by atoms with van der Waals surface area (Å²) < 4.78 is 7.06. The van der Waals surface area contributed by atoms with Gasteiger partial charge in [0.05, 0.1) is 27.5 Å². The Morgan fingerprint density at radius 1 is 0.980 bits per heavy atom. The number of fused-ring (bicyclic) bond motifs is 10. The number of thiazole rings is 1. The molecule has 2 N–H and O–H groups in total. The normalized spacial score (nSPS) is 25.8. The van der Waals surface area contributed by atoms with Crippen LogP contribution >= 0.6 is 39.0 Å². The second-order valence-corrected chi connectivity index (χ2v) is 16.4. The molecule has 0 unspecified atom stereocenters. The molecule has 4 aromatic carbocycles. The van der Waals surface area contributed by atoms with Gasteiger partial charge in [-0.2, -0.15) is 0 Å². The summed E-state index contributed by atoms with van der Waals surface area (Å²) in [7, 11) is 0. The highest BCUT2D eigenvalue weighted by atomic mass is 79.9. The van der Waals surface area contributed by atoms with Crippen LogP contribution in [0, 0.1) is 39.7 Å². The van der Waals surface area contributed by atoms with Gasteiger partial charge in [0, 0.05) is 49.3 Å². The Hall–Kier alpha value is -4.79. The number of nitrogens with zero attached hydrogens (tertiary/aromatic N) is 2. The third-order valence-electron chi connectivity index (χ3n) is 10.8. The van der Waals surface area contributed by atoms with E-state index in [1.54, 1.807) is 11.8 Å². The van der Waals surface area contributed by atoms with Gasteiger partial charge in [0.2, 0.25) is 11.8 Å². The van der Waals surface area contributed by atoms with Crippen molar-refractivity contribution in [1.82, 2.24) is 4.98 Å². The second kappa shape index (κ2) is 12.2. The minimum atomic E-state index is -0.553. The summed E-state index contributed by atoms with van der Waals surface area (Å²) in [5.74, 6) is -2.19. The number of imide groups is 1. The Balaban J connectivity index is 1.04. The van der Waals surface area contributed by atoms with E-state index in [4.69, 9.17) is 4.74 Å². The molecule has 9 rings (SSSR count). The zero-order valence-electron chi connectivity index (χ0n) is 26.5. The lowest BCUT2D eigenvalue weighted by Crippen LogP contribution is -2.42. The number of halogens is 1. The number of hydrogen-bond acceptors (Lipinski definition) is 9. The van der Waals surface area contributed by atoms with Crippen molar-refractivity contribution in [2.24, 2.45) is 29.6 Å². The first-order chi connectivity index (χ1) is 24.7. The lowest BCUT2D eigenvalue weighted by atomic mass is 9.68. The molecular weight excluding hydrogens is 756 g/mol. The number of carbonyl (C=O) groups excluding carboxylic acids is 3. The molecule has 3 amide bonds. The van der Waals surface area contributed by atoms with Gasteiger partial charge in [-0.25, -0.2) is 0 Å². The molecular formula is C37H27BrN4O7S2. The number of hydrogen-bond donors (Lipinski definition) is 2. The zero-order valence-corrected chi connectivity index (χ0v) is 29.7. The first kappa shape index (κ1) is 32.1. The van der Waals surface area contributed by atoms with Gasteiger partial charge in [0.25, 0.3) is 11.6 Å². The first-order valence-electron chi connectivity index (χ1n) is 16.4. The SMILES string of the molecule is O=C(COc1ccc(Br)cc1[C@@H]1c2sc(=O)[nH]c2S[C@@H]2[C@@H]3C[C@@H]([C@@H]4C(=O)N(c5ccc([N+](=O)[O-])cc5)C(=O)[C@@H]34)[C@H]12)Nc1cccc2ccccc12. The molecule has 2 bridgehead atoms. The predicted molar refractivity (Wildman–Crippen MR) is 196 cm³/mol. The van der Waals surface area contributed by atoms with Gasteiger partial charge < -0.3 is 15.0 Å². The van der Waals surface area contributed by atoms with E-state index in [0.29, 0.717) is 23.5 Å². The topological polar surface area (TPSA) is 152 Å². The summed E-state index contributed by atoms with van der Waals surface area (Å²) in [6.07, 6.45) is 0.691. The summed E-state index contributed by atoms with van der Waals surface area (Å²) in [4.78, 5) is 69.8. The van der Waals surface area contributed by atoms with Crippen LogP contribution in [-0.4, -0.2) is 39.5 Å². The van der Waals surface area contributed by atoms with Gasteiger partial charge in [-0.05, 0) is 66.0 Å². The molecule has 0 spiro atoms. The van der Waals surface area contributed by atoms with Crippen LogP contribution in [0.25, 0.3) is 10.8 Å². The Labute approximate surface area is 306 Å². The summed E-state index contributed by atoms with van der Waals surface area (Å²) in [5.41, 5.74) is 1.68. The quantitative estimate of drug-likeness (QED) is 0.102. The van der Waals surface area contributed by atoms with Crippen molar-refractivity contribution >= 4 is 84.6 Å². The van der Waals surface area contributed by atoms with Crippen LogP contribution in [0.15, 0.2) is 99.2 Å². The molecule has 2 aliphatic heterocycles. The van der Waals surface area contributed by atoms with Gasteiger partial charge in [-0.1, -0.05) is 63.7 Å². The van der Waals surface area contributed by atoms with Crippen LogP contribution in [0.4, 0.5) is 17.1 Å². The Morgan fingerprint density at radius 3 is 2.51 bits per heavy atom. The fraction of sp³-hybridized carbons (Fsp3) is 0.243. The van der Waals surface area contributed by atoms with Crippen molar-refractivity contribution in [3.8, 4) is 5.75 Å². The van der Waals surface area contributed by atoms with E-state index in [9.17, 15) is 29.3 Å². The van der Waals surface area contributed by atoms with E-state index in [1.165, 1.54) is 29.2 Å². The van der Waals surface area contributed by atoms with Crippen LogP contribution in [0.1, 0.15) is 22.8 Å². The molecule has 51 heavy (non-hydrogen) atoms. The van der Waals surface area contributed by atoms with E-state index >= 15 is 0 Å². The molecule has 7 atom stereocenters. The lowest BCUT2D eigenvalue weighted by molar-refractivity contribution is -0.384.